The lowest BCUT2D eigenvalue weighted by atomic mass is 9.97. The van der Waals surface area contributed by atoms with E-state index in [1.807, 2.05) is 35.6 Å². The Morgan fingerprint density at radius 3 is 2.56 bits per heavy atom. The van der Waals surface area contributed by atoms with E-state index in [1.54, 1.807) is 0 Å². The van der Waals surface area contributed by atoms with E-state index in [1.165, 1.54) is 4.90 Å². The lowest BCUT2D eigenvalue weighted by Crippen LogP contribution is -2.63. The molecule has 8 N–H and O–H groups in total. The molecule has 41 heavy (non-hydrogen) atoms. The Labute approximate surface area is 234 Å². The number of halogens is 2. The van der Waals surface area contributed by atoms with Crippen LogP contribution in [0.5, 0.6) is 0 Å². The van der Waals surface area contributed by atoms with Gasteiger partial charge in [-0.3, -0.25) is 9.59 Å². The quantitative estimate of drug-likeness (QED) is 0.100. The van der Waals surface area contributed by atoms with Crippen LogP contribution in [0.15, 0.2) is 30.3 Å². The van der Waals surface area contributed by atoms with Gasteiger partial charge in [0.25, 0.3) is 11.7 Å². The van der Waals surface area contributed by atoms with Crippen LogP contribution in [-0.2, 0) is 30.5 Å². The van der Waals surface area contributed by atoms with Crippen LogP contribution in [0.3, 0.4) is 0 Å². The van der Waals surface area contributed by atoms with Crippen LogP contribution in [0.2, 0.25) is 0 Å². The van der Waals surface area contributed by atoms with Crippen LogP contribution in [0.1, 0.15) is 37.7 Å². The lowest BCUT2D eigenvalue weighted by molar-refractivity contribution is -0.325. The van der Waals surface area contributed by atoms with Gasteiger partial charge in [0.15, 0.2) is 0 Å². The average Bonchev–Trinajstić information content (AvgIpc) is 3.55. The van der Waals surface area contributed by atoms with Gasteiger partial charge >= 0.3 is 11.9 Å². The molecule has 2 amide bonds. The van der Waals surface area contributed by atoms with Crippen molar-refractivity contribution in [3.8, 4) is 0 Å². The van der Waals surface area contributed by atoms with E-state index in [-0.39, 0.29) is 32.4 Å². The molecule has 230 valence electrons. The summed E-state index contributed by atoms with van der Waals surface area (Å²) in [4.78, 5) is 39.0. The van der Waals surface area contributed by atoms with Crippen molar-refractivity contribution in [3.63, 3.8) is 0 Å². The molecule has 0 saturated carbocycles. The number of likely N-dealkylation sites (tertiary alicyclic amines) is 1. The molecular weight excluding hydrogens is 552 g/mol. The lowest BCUT2D eigenvalue weighted by Gasteiger charge is -2.33. The standard InChI is InChI=1S/C26H37F2N3O10/c27-25(28,26(39)21(35)19(34)20(41-26)18(33)13-32)24(38)30-11-5-4-9-16(29)22(36)31-12-6-10-17(31)23(37)40-14-15-7-2-1-3-8-15/h1-3,7-8,16-21,32-35,39H,4-6,9-14,29H2,(H,30,38)/t16-,17-,18?,19-,20-,21+,26+/m0/s1. The van der Waals surface area contributed by atoms with Crippen molar-refractivity contribution >= 4 is 17.8 Å². The number of hydrogen-bond acceptors (Lipinski definition) is 11. The number of esters is 1. The number of hydrogen-bond donors (Lipinski definition) is 7. The number of alkyl halides is 2. The number of unbranched alkanes of at least 4 members (excludes halogenated alkanes) is 1. The van der Waals surface area contributed by atoms with Gasteiger partial charge in [-0.1, -0.05) is 30.3 Å². The number of nitrogens with two attached hydrogens (primary N) is 1. The fourth-order valence-corrected chi connectivity index (χ4v) is 4.83. The summed E-state index contributed by atoms with van der Waals surface area (Å²) in [5, 5.41) is 50.4. The molecule has 0 bridgehead atoms. The second-order valence-corrected chi connectivity index (χ2v) is 10.2. The minimum Gasteiger partial charge on any atom is -0.459 e. The van der Waals surface area contributed by atoms with Crippen LogP contribution in [-0.4, -0.2) is 116 Å². The van der Waals surface area contributed by atoms with E-state index in [4.69, 9.17) is 15.6 Å². The first-order valence-corrected chi connectivity index (χ1v) is 13.3. The Morgan fingerprint density at radius 2 is 1.90 bits per heavy atom. The van der Waals surface area contributed by atoms with Gasteiger partial charge in [-0.25, -0.2) is 4.79 Å². The van der Waals surface area contributed by atoms with Crippen LogP contribution in [0.25, 0.3) is 0 Å². The normalized spacial score (nSPS) is 27.9. The summed E-state index contributed by atoms with van der Waals surface area (Å²) in [6.07, 6.45) is -7.23. The number of carbonyl (C=O) groups is 3. The number of aliphatic hydroxyl groups excluding tert-OH is 4. The monoisotopic (exact) mass is 589 g/mol. The third kappa shape index (κ3) is 7.17. The van der Waals surface area contributed by atoms with E-state index in [0.717, 1.165) is 5.56 Å². The Kier molecular flexibility index (Phi) is 11.1. The SMILES string of the molecule is N[C@@H](CCCCNC(=O)C(F)(F)[C@]1(O)O[C@@H](C(O)CO)[C@H](O)[C@H]1O)C(=O)N1CCC[C@H]1C(=O)OCc1ccccc1. The molecule has 1 aromatic carbocycles. The van der Waals surface area contributed by atoms with Crippen molar-refractivity contribution in [2.24, 2.45) is 5.73 Å². The van der Waals surface area contributed by atoms with Crippen molar-refractivity contribution < 1.29 is 58.2 Å². The first-order chi connectivity index (χ1) is 19.3. The zero-order valence-electron chi connectivity index (χ0n) is 22.3. The minimum atomic E-state index is -4.75. The molecule has 0 aliphatic carbocycles. The number of amides is 2. The van der Waals surface area contributed by atoms with Crippen molar-refractivity contribution in [1.29, 1.82) is 0 Å². The highest BCUT2D eigenvalue weighted by atomic mass is 19.3. The van der Waals surface area contributed by atoms with Gasteiger partial charge in [-0.15, -0.1) is 0 Å². The number of nitrogens with one attached hydrogen (secondary N) is 1. The zero-order chi connectivity index (χ0) is 30.4. The fourth-order valence-electron chi connectivity index (χ4n) is 4.83. The Hall–Kier alpha value is -2.79. The molecule has 2 fully saturated rings. The van der Waals surface area contributed by atoms with E-state index < -0.39 is 72.6 Å². The summed E-state index contributed by atoms with van der Waals surface area (Å²) >= 11 is 0. The highest BCUT2D eigenvalue weighted by molar-refractivity contribution is 5.88. The smallest absolute Gasteiger partial charge is 0.379 e. The second-order valence-electron chi connectivity index (χ2n) is 10.2. The summed E-state index contributed by atoms with van der Waals surface area (Å²) in [6.45, 7) is -0.928. The molecule has 2 saturated heterocycles. The molecule has 13 nitrogen and oxygen atoms in total. The number of carbonyl (C=O) groups excluding carboxylic acids is 3. The van der Waals surface area contributed by atoms with Crippen LogP contribution in [0.4, 0.5) is 8.78 Å². The van der Waals surface area contributed by atoms with Crippen molar-refractivity contribution in [1.82, 2.24) is 10.2 Å². The molecule has 2 aliphatic rings. The number of nitrogens with zero attached hydrogens (tertiary/aromatic N) is 1. The molecule has 1 unspecified atom stereocenters. The number of benzene rings is 1. The predicted molar refractivity (Wildman–Crippen MR) is 136 cm³/mol. The van der Waals surface area contributed by atoms with Crippen molar-refractivity contribution in [2.75, 3.05) is 19.7 Å². The van der Waals surface area contributed by atoms with E-state index in [9.17, 15) is 43.6 Å². The summed E-state index contributed by atoms with van der Waals surface area (Å²) < 4.78 is 39.4. The summed E-state index contributed by atoms with van der Waals surface area (Å²) in [7, 11) is 0. The predicted octanol–water partition coefficient (Wildman–Crippen LogP) is -1.87. The van der Waals surface area contributed by atoms with Gasteiger partial charge in [0.2, 0.25) is 5.91 Å². The van der Waals surface area contributed by atoms with Gasteiger partial charge in [0.1, 0.15) is 37.1 Å². The highest BCUT2D eigenvalue weighted by Gasteiger charge is 2.71. The van der Waals surface area contributed by atoms with Crippen molar-refractivity contribution in [2.45, 2.75) is 86.9 Å². The summed E-state index contributed by atoms with van der Waals surface area (Å²) in [6, 6.07) is 7.35. The van der Waals surface area contributed by atoms with Gasteiger partial charge in [-0.05, 0) is 37.7 Å². The van der Waals surface area contributed by atoms with Gasteiger partial charge in [0.05, 0.1) is 12.6 Å². The Balaban J connectivity index is 1.43. The van der Waals surface area contributed by atoms with E-state index in [0.29, 0.717) is 19.4 Å². The Bertz CT molecular complexity index is 1050. The highest BCUT2D eigenvalue weighted by Crippen LogP contribution is 2.42. The van der Waals surface area contributed by atoms with E-state index in [2.05, 4.69) is 4.74 Å². The molecule has 2 aliphatic heterocycles. The third-order valence-electron chi connectivity index (χ3n) is 7.25. The molecule has 7 atom stereocenters. The van der Waals surface area contributed by atoms with Crippen LogP contribution < -0.4 is 11.1 Å². The summed E-state index contributed by atoms with van der Waals surface area (Å²) in [5.74, 6) is -11.6. The van der Waals surface area contributed by atoms with Gasteiger partial charge < -0.3 is 51.0 Å². The first-order valence-electron chi connectivity index (χ1n) is 13.3. The number of ether oxygens (including phenoxy) is 2. The zero-order valence-corrected chi connectivity index (χ0v) is 22.3. The molecule has 0 spiro atoms. The molecule has 3 rings (SSSR count). The van der Waals surface area contributed by atoms with Gasteiger partial charge in [0, 0.05) is 13.1 Å². The van der Waals surface area contributed by atoms with Crippen molar-refractivity contribution in [3.05, 3.63) is 35.9 Å². The van der Waals surface area contributed by atoms with E-state index >= 15 is 0 Å². The number of aliphatic hydroxyl groups is 5. The molecule has 2 heterocycles. The maximum atomic E-state index is 14.7. The van der Waals surface area contributed by atoms with Gasteiger partial charge in [-0.2, -0.15) is 8.78 Å². The second kappa shape index (κ2) is 13.9. The molecular formula is C26H37F2N3O10. The minimum absolute atomic E-state index is 0.0727. The largest absolute Gasteiger partial charge is 0.459 e. The molecule has 1 aromatic rings. The van der Waals surface area contributed by atoms with Crippen LogP contribution in [0, 0.1) is 0 Å². The molecule has 0 radical (unpaired) electrons. The topological polar surface area (TPSA) is 212 Å². The number of rotatable bonds is 13. The average molecular weight is 590 g/mol. The summed E-state index contributed by atoms with van der Waals surface area (Å²) in [5.41, 5.74) is 6.83. The maximum absolute atomic E-state index is 14.7. The molecule has 0 aromatic heterocycles. The Morgan fingerprint density at radius 1 is 1.22 bits per heavy atom. The fraction of sp³-hybridized carbons (Fsp3) is 0.654. The van der Waals surface area contributed by atoms with Crippen LogP contribution >= 0.6 is 0 Å². The maximum Gasteiger partial charge on any atom is 0.379 e. The molecule has 15 heteroatoms. The first kappa shape index (κ1) is 32.7. The third-order valence-corrected chi connectivity index (χ3v) is 7.25.